The summed E-state index contributed by atoms with van der Waals surface area (Å²) >= 11 is 0. The molecule has 1 N–H and O–H groups in total. The first-order valence-corrected chi connectivity index (χ1v) is 8.52. The summed E-state index contributed by atoms with van der Waals surface area (Å²) in [5.41, 5.74) is 0.564. The highest BCUT2D eigenvalue weighted by Gasteiger charge is 2.30. The van der Waals surface area contributed by atoms with Crippen LogP contribution in [0.5, 0.6) is 0 Å². The van der Waals surface area contributed by atoms with Crippen molar-refractivity contribution < 1.29 is 18.7 Å². The van der Waals surface area contributed by atoms with Gasteiger partial charge in [0.05, 0.1) is 18.7 Å². The van der Waals surface area contributed by atoms with Crippen LogP contribution in [0, 0.1) is 6.92 Å². The number of carbonyl (C=O) groups excluding carboxylic acids is 1. The summed E-state index contributed by atoms with van der Waals surface area (Å²) in [6.45, 7) is 5.63. The van der Waals surface area contributed by atoms with Gasteiger partial charge in [0, 0.05) is 20.1 Å². The third-order valence-corrected chi connectivity index (χ3v) is 4.16. The van der Waals surface area contributed by atoms with E-state index >= 15 is 0 Å². The number of amides is 1. The molecule has 1 aliphatic rings. The van der Waals surface area contributed by atoms with E-state index in [1.54, 1.807) is 25.0 Å². The van der Waals surface area contributed by atoms with E-state index in [4.69, 9.17) is 13.9 Å². The smallest absolute Gasteiger partial charge is 0.257 e. The molecule has 25 heavy (non-hydrogen) atoms. The number of nitrogens with one attached hydrogen (secondary N) is 1. The summed E-state index contributed by atoms with van der Waals surface area (Å²) in [5, 5.41) is 7.17. The molecule has 0 aliphatic carbocycles. The molecular weight excluding hydrogens is 324 g/mol. The lowest BCUT2D eigenvalue weighted by atomic mass is 10.2. The largest absolute Gasteiger partial charge is 0.463 e. The van der Waals surface area contributed by atoms with Gasteiger partial charge in [0.15, 0.2) is 5.82 Å². The van der Waals surface area contributed by atoms with Crippen LogP contribution in [0.3, 0.4) is 0 Å². The van der Waals surface area contributed by atoms with Crippen molar-refractivity contribution in [3.8, 4) is 0 Å². The van der Waals surface area contributed by atoms with E-state index in [0.717, 1.165) is 18.7 Å². The van der Waals surface area contributed by atoms with Crippen molar-refractivity contribution in [2.75, 3.05) is 26.8 Å². The van der Waals surface area contributed by atoms with Crippen LogP contribution in [0.4, 0.5) is 0 Å². The minimum Gasteiger partial charge on any atom is -0.463 e. The number of ether oxygens (including phenoxy) is 2. The first-order chi connectivity index (χ1) is 12.1. The molecule has 0 bridgehead atoms. The normalized spacial score (nSPS) is 17.9. The predicted octanol–water partition coefficient (Wildman–Crippen LogP) is 2.02. The number of aromatic amines is 1. The Labute approximate surface area is 146 Å². The Bertz CT molecular complexity index is 724. The van der Waals surface area contributed by atoms with Crippen LogP contribution in [-0.2, 0) is 22.5 Å². The summed E-state index contributed by atoms with van der Waals surface area (Å²) in [6.07, 6.45) is 1.53. The summed E-state index contributed by atoms with van der Waals surface area (Å²) < 4.78 is 16.4. The lowest BCUT2D eigenvalue weighted by Crippen LogP contribution is -2.42. The molecule has 1 amide bonds. The second-order valence-electron chi connectivity index (χ2n) is 6.12. The van der Waals surface area contributed by atoms with Crippen molar-refractivity contribution in [2.24, 2.45) is 0 Å². The van der Waals surface area contributed by atoms with Gasteiger partial charge in [0.25, 0.3) is 5.91 Å². The van der Waals surface area contributed by atoms with Gasteiger partial charge in [-0.05, 0) is 19.4 Å². The van der Waals surface area contributed by atoms with E-state index in [0.29, 0.717) is 49.2 Å². The quantitative estimate of drug-likeness (QED) is 0.858. The highest BCUT2D eigenvalue weighted by atomic mass is 16.5. The van der Waals surface area contributed by atoms with Crippen LogP contribution in [0.25, 0.3) is 0 Å². The van der Waals surface area contributed by atoms with Gasteiger partial charge < -0.3 is 18.8 Å². The first-order valence-electron chi connectivity index (χ1n) is 8.52. The molecule has 136 valence electrons. The standard InChI is InChI=1S/C17H24N4O4/c1-4-5-15-18-16(20-19-15)14-9-21(6-7-24-14)17(22)13-8-12(10-23-3)25-11(13)2/h8,14H,4-7,9-10H2,1-3H3,(H,18,19,20)/t14-/m1/s1. The molecule has 2 aromatic rings. The maximum Gasteiger partial charge on any atom is 0.257 e. The van der Waals surface area contributed by atoms with Crippen LogP contribution in [0.15, 0.2) is 10.5 Å². The topological polar surface area (TPSA) is 93.5 Å². The number of hydrogen-bond donors (Lipinski definition) is 1. The number of furan rings is 1. The maximum atomic E-state index is 12.8. The number of methoxy groups -OCH3 is 1. The molecule has 0 saturated carbocycles. The second-order valence-corrected chi connectivity index (χ2v) is 6.12. The molecule has 0 aromatic carbocycles. The Balaban J connectivity index is 1.70. The molecular formula is C17H24N4O4. The van der Waals surface area contributed by atoms with Gasteiger partial charge >= 0.3 is 0 Å². The number of H-pyrrole nitrogens is 1. The van der Waals surface area contributed by atoms with E-state index in [2.05, 4.69) is 22.1 Å². The Hall–Kier alpha value is -2.19. The van der Waals surface area contributed by atoms with Gasteiger partial charge in [-0.15, -0.1) is 0 Å². The van der Waals surface area contributed by atoms with Crippen molar-refractivity contribution in [1.29, 1.82) is 0 Å². The molecule has 1 aliphatic heterocycles. The minimum absolute atomic E-state index is 0.0683. The summed E-state index contributed by atoms with van der Waals surface area (Å²) in [6, 6.07) is 1.75. The van der Waals surface area contributed by atoms with E-state index in [1.165, 1.54) is 0 Å². The lowest BCUT2D eigenvalue weighted by molar-refractivity contribution is -0.0267. The van der Waals surface area contributed by atoms with E-state index in [9.17, 15) is 4.79 Å². The molecule has 8 nitrogen and oxygen atoms in total. The van der Waals surface area contributed by atoms with Gasteiger partial charge in [-0.3, -0.25) is 9.89 Å². The molecule has 1 atom stereocenters. The third-order valence-electron chi connectivity index (χ3n) is 4.16. The van der Waals surface area contributed by atoms with Crippen molar-refractivity contribution >= 4 is 5.91 Å². The van der Waals surface area contributed by atoms with Crippen LogP contribution in [0.2, 0.25) is 0 Å². The van der Waals surface area contributed by atoms with Crippen molar-refractivity contribution in [3.63, 3.8) is 0 Å². The fourth-order valence-corrected chi connectivity index (χ4v) is 2.93. The molecule has 0 unspecified atom stereocenters. The molecule has 8 heteroatoms. The summed E-state index contributed by atoms with van der Waals surface area (Å²) in [5.74, 6) is 2.63. The van der Waals surface area contributed by atoms with Gasteiger partial charge in [0.2, 0.25) is 0 Å². The predicted molar refractivity (Wildman–Crippen MR) is 89.1 cm³/mol. The van der Waals surface area contributed by atoms with E-state index in [1.807, 2.05) is 0 Å². The van der Waals surface area contributed by atoms with E-state index < -0.39 is 0 Å². The van der Waals surface area contributed by atoms with Gasteiger partial charge in [0.1, 0.15) is 30.1 Å². The van der Waals surface area contributed by atoms with Crippen LogP contribution < -0.4 is 0 Å². The van der Waals surface area contributed by atoms with Gasteiger partial charge in [-0.25, -0.2) is 4.98 Å². The highest BCUT2D eigenvalue weighted by Crippen LogP contribution is 2.23. The number of carbonyl (C=O) groups is 1. The first kappa shape index (κ1) is 17.6. The number of hydrogen-bond acceptors (Lipinski definition) is 6. The Morgan fingerprint density at radius 3 is 3.12 bits per heavy atom. The Morgan fingerprint density at radius 2 is 2.36 bits per heavy atom. The zero-order valence-electron chi connectivity index (χ0n) is 14.9. The van der Waals surface area contributed by atoms with Crippen LogP contribution in [-0.4, -0.2) is 52.8 Å². The van der Waals surface area contributed by atoms with Gasteiger partial charge in [-0.2, -0.15) is 5.10 Å². The molecule has 3 heterocycles. The summed E-state index contributed by atoms with van der Waals surface area (Å²) in [4.78, 5) is 19.1. The molecule has 0 radical (unpaired) electrons. The third kappa shape index (κ3) is 3.91. The molecule has 0 spiro atoms. The number of aryl methyl sites for hydroxylation is 2. The Morgan fingerprint density at radius 1 is 1.52 bits per heavy atom. The Kier molecular flexibility index (Phi) is 5.50. The maximum absolute atomic E-state index is 12.8. The van der Waals surface area contributed by atoms with E-state index in [-0.39, 0.29) is 12.0 Å². The zero-order valence-corrected chi connectivity index (χ0v) is 14.9. The summed E-state index contributed by atoms with van der Waals surface area (Å²) in [7, 11) is 1.59. The van der Waals surface area contributed by atoms with Gasteiger partial charge in [-0.1, -0.05) is 6.92 Å². The van der Waals surface area contributed by atoms with Crippen molar-refractivity contribution in [2.45, 2.75) is 39.4 Å². The molecule has 1 fully saturated rings. The second kappa shape index (κ2) is 7.79. The molecule has 1 saturated heterocycles. The average Bonchev–Trinajstić information content (AvgIpc) is 3.22. The zero-order chi connectivity index (χ0) is 17.8. The monoisotopic (exact) mass is 348 g/mol. The number of aromatic nitrogens is 3. The minimum atomic E-state index is -0.315. The lowest BCUT2D eigenvalue weighted by Gasteiger charge is -2.31. The fourth-order valence-electron chi connectivity index (χ4n) is 2.93. The molecule has 3 rings (SSSR count). The van der Waals surface area contributed by atoms with Crippen LogP contribution >= 0.6 is 0 Å². The molecule has 2 aromatic heterocycles. The number of nitrogens with zero attached hydrogens (tertiary/aromatic N) is 3. The van der Waals surface area contributed by atoms with Crippen molar-refractivity contribution in [1.82, 2.24) is 20.1 Å². The van der Waals surface area contributed by atoms with Crippen molar-refractivity contribution in [3.05, 3.63) is 34.8 Å². The number of morpholine rings is 1. The fraction of sp³-hybridized carbons (Fsp3) is 0.588. The number of rotatable bonds is 6. The highest BCUT2D eigenvalue weighted by molar-refractivity contribution is 5.95. The SMILES string of the molecule is CCCc1nc([C@H]2CN(C(=O)c3cc(COC)oc3C)CCO2)n[nH]1. The van der Waals surface area contributed by atoms with Crippen LogP contribution in [0.1, 0.15) is 53.0 Å². The average molecular weight is 348 g/mol.